The monoisotopic (exact) mass is 304 g/mol. The fraction of sp³-hybridized carbons (Fsp3) is 0.214. The van der Waals surface area contributed by atoms with Crippen molar-refractivity contribution < 1.29 is 0 Å². The Balaban J connectivity index is 1.92. The number of thiazole rings is 1. The van der Waals surface area contributed by atoms with Crippen LogP contribution in [0.5, 0.6) is 0 Å². The Hall–Kier alpha value is -1.72. The second-order valence-electron chi connectivity index (χ2n) is 4.74. The minimum Gasteiger partial charge on any atom is -0.315 e. The first-order valence-corrected chi connectivity index (χ1v) is 7.48. The smallest absolute Gasteiger partial charge is 0.189 e. The third kappa shape index (κ3) is 2.59. The molecule has 0 bridgehead atoms. The molecular weight excluding hydrogens is 292 g/mol. The van der Waals surface area contributed by atoms with Crippen molar-refractivity contribution in [2.45, 2.75) is 19.8 Å². The summed E-state index contributed by atoms with van der Waals surface area (Å²) in [6, 6.07) is 9.94. The largest absolute Gasteiger partial charge is 0.315 e. The highest BCUT2D eigenvalue weighted by Gasteiger charge is 2.10. The molecule has 6 heteroatoms. The van der Waals surface area contributed by atoms with Gasteiger partial charge in [-0.2, -0.15) is 0 Å². The van der Waals surface area contributed by atoms with E-state index in [4.69, 9.17) is 11.6 Å². The Kier molecular flexibility index (Phi) is 3.54. The van der Waals surface area contributed by atoms with Gasteiger partial charge in [0.05, 0.1) is 10.2 Å². The Morgan fingerprint density at radius 1 is 1.20 bits per heavy atom. The van der Waals surface area contributed by atoms with Crippen LogP contribution in [-0.4, -0.2) is 15.2 Å². The molecule has 0 amide bonds. The molecule has 1 aromatic carbocycles. The zero-order valence-corrected chi connectivity index (χ0v) is 12.7. The van der Waals surface area contributed by atoms with Gasteiger partial charge in [0.15, 0.2) is 16.1 Å². The van der Waals surface area contributed by atoms with Crippen molar-refractivity contribution in [3.05, 3.63) is 41.0 Å². The van der Waals surface area contributed by atoms with E-state index in [2.05, 4.69) is 34.3 Å². The molecule has 3 aromatic rings. The van der Waals surface area contributed by atoms with Crippen LogP contribution in [0, 0.1) is 0 Å². The summed E-state index contributed by atoms with van der Waals surface area (Å²) in [7, 11) is 0. The van der Waals surface area contributed by atoms with Crippen LogP contribution in [0.2, 0.25) is 5.15 Å². The molecule has 4 nitrogen and oxygen atoms in total. The van der Waals surface area contributed by atoms with E-state index in [1.165, 1.54) is 0 Å². The van der Waals surface area contributed by atoms with Crippen molar-refractivity contribution in [3.8, 4) is 0 Å². The SMILES string of the molecule is CC(C)c1cc(Nc2nc3ccccc3s2)nnc1Cl. The quantitative estimate of drug-likeness (QED) is 0.768. The number of anilines is 2. The number of rotatable bonds is 3. The van der Waals surface area contributed by atoms with Crippen LogP contribution in [0.1, 0.15) is 25.3 Å². The molecule has 0 atom stereocenters. The van der Waals surface area contributed by atoms with E-state index in [9.17, 15) is 0 Å². The molecule has 1 N–H and O–H groups in total. The number of nitrogens with one attached hydrogen (secondary N) is 1. The van der Waals surface area contributed by atoms with Gasteiger partial charge in [-0.25, -0.2) is 4.98 Å². The van der Waals surface area contributed by atoms with E-state index in [1.54, 1.807) is 11.3 Å². The van der Waals surface area contributed by atoms with Gasteiger partial charge in [0, 0.05) is 0 Å². The normalized spacial score (nSPS) is 11.2. The van der Waals surface area contributed by atoms with Gasteiger partial charge in [-0.1, -0.05) is 48.9 Å². The second kappa shape index (κ2) is 5.34. The molecule has 0 saturated carbocycles. The Morgan fingerprint density at radius 3 is 2.75 bits per heavy atom. The van der Waals surface area contributed by atoms with E-state index in [0.717, 1.165) is 20.9 Å². The fourth-order valence-electron chi connectivity index (χ4n) is 1.89. The van der Waals surface area contributed by atoms with Crippen molar-refractivity contribution in [1.29, 1.82) is 0 Å². The van der Waals surface area contributed by atoms with Crippen LogP contribution >= 0.6 is 22.9 Å². The van der Waals surface area contributed by atoms with E-state index >= 15 is 0 Å². The van der Waals surface area contributed by atoms with E-state index < -0.39 is 0 Å². The first-order chi connectivity index (χ1) is 9.63. The van der Waals surface area contributed by atoms with Gasteiger partial charge in [-0.15, -0.1) is 10.2 Å². The number of para-hydroxylation sites is 1. The third-order valence-electron chi connectivity index (χ3n) is 2.93. The van der Waals surface area contributed by atoms with Crippen LogP contribution in [0.15, 0.2) is 30.3 Å². The molecule has 0 saturated heterocycles. The lowest BCUT2D eigenvalue weighted by molar-refractivity contribution is 0.843. The summed E-state index contributed by atoms with van der Waals surface area (Å²) in [6.07, 6.45) is 0. The van der Waals surface area contributed by atoms with Crippen molar-refractivity contribution in [2.75, 3.05) is 5.32 Å². The number of hydrogen-bond acceptors (Lipinski definition) is 5. The van der Waals surface area contributed by atoms with E-state index in [-0.39, 0.29) is 0 Å². The summed E-state index contributed by atoms with van der Waals surface area (Å²) in [6.45, 7) is 4.15. The Labute approximate surface area is 125 Å². The van der Waals surface area contributed by atoms with Crippen LogP contribution < -0.4 is 5.32 Å². The molecule has 0 aliphatic rings. The number of nitrogens with zero attached hydrogens (tertiary/aromatic N) is 3. The van der Waals surface area contributed by atoms with Crippen LogP contribution in [-0.2, 0) is 0 Å². The lowest BCUT2D eigenvalue weighted by atomic mass is 10.1. The predicted molar refractivity (Wildman–Crippen MR) is 84.0 cm³/mol. The summed E-state index contributed by atoms with van der Waals surface area (Å²) >= 11 is 7.63. The average molecular weight is 305 g/mol. The number of halogens is 1. The highest BCUT2D eigenvalue weighted by molar-refractivity contribution is 7.22. The molecular formula is C14H13ClN4S. The minimum atomic E-state index is 0.300. The average Bonchev–Trinajstić information content (AvgIpc) is 2.82. The van der Waals surface area contributed by atoms with Gasteiger partial charge in [0.1, 0.15) is 0 Å². The molecule has 0 unspecified atom stereocenters. The number of aromatic nitrogens is 3. The van der Waals surface area contributed by atoms with Gasteiger partial charge < -0.3 is 5.32 Å². The molecule has 20 heavy (non-hydrogen) atoms. The maximum absolute atomic E-state index is 6.04. The summed E-state index contributed by atoms with van der Waals surface area (Å²) in [5.74, 6) is 0.964. The van der Waals surface area contributed by atoms with Crippen LogP contribution in [0.3, 0.4) is 0 Å². The van der Waals surface area contributed by atoms with Gasteiger partial charge >= 0.3 is 0 Å². The molecule has 0 spiro atoms. The maximum Gasteiger partial charge on any atom is 0.189 e. The highest BCUT2D eigenvalue weighted by atomic mass is 35.5. The van der Waals surface area contributed by atoms with Crippen molar-refractivity contribution in [1.82, 2.24) is 15.2 Å². The second-order valence-corrected chi connectivity index (χ2v) is 6.13. The van der Waals surface area contributed by atoms with Gasteiger partial charge in [-0.3, -0.25) is 0 Å². The predicted octanol–water partition coefficient (Wildman–Crippen LogP) is 4.61. The van der Waals surface area contributed by atoms with Gasteiger partial charge in [0.2, 0.25) is 0 Å². The summed E-state index contributed by atoms with van der Waals surface area (Å²) in [5, 5.41) is 12.5. The molecule has 3 rings (SSSR count). The molecule has 2 heterocycles. The summed E-state index contributed by atoms with van der Waals surface area (Å²) in [4.78, 5) is 4.51. The zero-order chi connectivity index (χ0) is 14.1. The van der Waals surface area contributed by atoms with E-state index in [1.807, 2.05) is 30.3 Å². The zero-order valence-electron chi connectivity index (χ0n) is 11.1. The molecule has 2 aromatic heterocycles. The Bertz CT molecular complexity index is 721. The van der Waals surface area contributed by atoms with Gasteiger partial charge in [-0.05, 0) is 29.7 Å². The molecule has 0 radical (unpaired) electrons. The van der Waals surface area contributed by atoms with Crippen molar-refractivity contribution >= 4 is 44.1 Å². The number of fused-ring (bicyclic) bond motifs is 1. The maximum atomic E-state index is 6.04. The first-order valence-electron chi connectivity index (χ1n) is 6.29. The highest BCUT2D eigenvalue weighted by Crippen LogP contribution is 2.29. The van der Waals surface area contributed by atoms with Gasteiger partial charge in [0.25, 0.3) is 0 Å². The minimum absolute atomic E-state index is 0.300. The number of hydrogen-bond donors (Lipinski definition) is 1. The molecule has 0 aliphatic heterocycles. The number of benzene rings is 1. The van der Waals surface area contributed by atoms with Crippen LogP contribution in [0.4, 0.5) is 10.9 Å². The molecule has 102 valence electrons. The third-order valence-corrected chi connectivity index (χ3v) is 4.17. The summed E-state index contributed by atoms with van der Waals surface area (Å²) in [5.41, 5.74) is 1.95. The van der Waals surface area contributed by atoms with Crippen molar-refractivity contribution in [3.63, 3.8) is 0 Å². The lowest BCUT2D eigenvalue weighted by Crippen LogP contribution is -1.99. The topological polar surface area (TPSA) is 50.7 Å². The lowest BCUT2D eigenvalue weighted by Gasteiger charge is -2.08. The first kappa shape index (κ1) is 13.3. The van der Waals surface area contributed by atoms with Crippen LogP contribution in [0.25, 0.3) is 10.2 Å². The fourth-order valence-corrected chi connectivity index (χ4v) is 3.08. The summed E-state index contributed by atoms with van der Waals surface area (Å²) < 4.78 is 1.14. The van der Waals surface area contributed by atoms with Crippen molar-refractivity contribution in [2.24, 2.45) is 0 Å². The Morgan fingerprint density at radius 2 is 2.00 bits per heavy atom. The molecule has 0 fully saturated rings. The molecule has 0 aliphatic carbocycles. The standard InChI is InChI=1S/C14H13ClN4S/c1-8(2)9-7-12(18-19-13(9)15)17-14-16-10-5-3-4-6-11(10)20-14/h3-8H,1-2H3,(H,16,17,18). The van der Waals surface area contributed by atoms with E-state index in [0.29, 0.717) is 16.9 Å².